The second-order valence-electron chi connectivity index (χ2n) is 14.1. The number of rotatable bonds is 4. The van der Waals surface area contributed by atoms with Crippen LogP contribution in [-0.4, -0.2) is 19.1 Å². The zero-order valence-electron chi connectivity index (χ0n) is 29.5. The maximum absolute atomic E-state index is 5.67. The molecule has 0 saturated carbocycles. The van der Waals surface area contributed by atoms with Crippen molar-refractivity contribution in [3.05, 3.63) is 182 Å². The molecule has 0 saturated heterocycles. The van der Waals surface area contributed by atoms with Crippen molar-refractivity contribution >= 4 is 86.0 Å². The molecule has 0 radical (unpaired) electrons. The van der Waals surface area contributed by atoms with Gasteiger partial charge in [0.25, 0.3) is 0 Å². The maximum atomic E-state index is 5.67. The van der Waals surface area contributed by atoms with Crippen LogP contribution < -0.4 is 0 Å². The van der Waals surface area contributed by atoms with Gasteiger partial charge in [-0.2, -0.15) is 4.98 Å². The van der Waals surface area contributed by atoms with E-state index in [2.05, 4.69) is 191 Å². The van der Waals surface area contributed by atoms with Crippen molar-refractivity contribution in [1.29, 1.82) is 0 Å². The van der Waals surface area contributed by atoms with Crippen molar-refractivity contribution < 1.29 is 0 Å². The molecule has 8 aromatic carbocycles. The number of thiophene rings is 1. The van der Waals surface area contributed by atoms with E-state index in [0.29, 0.717) is 5.95 Å². The molecule has 0 bridgehead atoms. The van der Waals surface area contributed by atoms with Gasteiger partial charge in [-0.3, -0.25) is 9.13 Å². The number of para-hydroxylation sites is 2. The third-order valence-corrected chi connectivity index (χ3v) is 12.3. The van der Waals surface area contributed by atoms with Crippen LogP contribution in [0.2, 0.25) is 0 Å². The Balaban J connectivity index is 1.29. The Labute approximate surface area is 319 Å². The highest BCUT2D eigenvalue weighted by molar-refractivity contribution is 7.27. The van der Waals surface area contributed by atoms with Crippen LogP contribution in [0.4, 0.5) is 0 Å². The van der Waals surface area contributed by atoms with Gasteiger partial charge < -0.3 is 0 Å². The van der Waals surface area contributed by atoms with Crippen molar-refractivity contribution in [2.24, 2.45) is 0 Å². The molecule has 0 N–H and O–H groups in total. The standard InChI is InChI=1S/C50H30N4S/c1-4-16-31(17-5-1)33-28-29-41-39(30-33)45-46(32-18-6-2-7-19-32)51-50(52-49(45)53(41)34-20-8-3-9-21-34)54-40-26-14-12-24-37(40)43-44-38-25-13-15-27-42(38)55-48(44)36-23-11-10-22-35(36)47(43)54/h1-30H. The molecule has 12 aromatic rings. The first-order valence-electron chi connectivity index (χ1n) is 18.6. The lowest BCUT2D eigenvalue weighted by Crippen LogP contribution is -2.05. The van der Waals surface area contributed by atoms with Crippen LogP contribution in [0.25, 0.3) is 109 Å². The summed E-state index contributed by atoms with van der Waals surface area (Å²) in [5.74, 6) is 0.643. The van der Waals surface area contributed by atoms with Gasteiger partial charge in [0.1, 0.15) is 0 Å². The van der Waals surface area contributed by atoms with Crippen LogP contribution in [0.5, 0.6) is 0 Å². The number of aromatic nitrogens is 4. The van der Waals surface area contributed by atoms with E-state index >= 15 is 0 Å². The number of nitrogens with zero attached hydrogens (tertiary/aromatic N) is 4. The topological polar surface area (TPSA) is 35.6 Å². The van der Waals surface area contributed by atoms with Gasteiger partial charge in [0.05, 0.1) is 27.6 Å². The van der Waals surface area contributed by atoms with E-state index in [1.165, 1.54) is 47.3 Å². The lowest BCUT2D eigenvalue weighted by Gasteiger charge is -2.13. The van der Waals surface area contributed by atoms with E-state index in [4.69, 9.17) is 9.97 Å². The Morgan fingerprint density at radius 1 is 0.400 bits per heavy atom. The van der Waals surface area contributed by atoms with E-state index in [1.54, 1.807) is 0 Å². The lowest BCUT2D eigenvalue weighted by atomic mass is 10.00. The minimum absolute atomic E-state index is 0.643. The fraction of sp³-hybridized carbons (Fsp3) is 0. The smallest absolute Gasteiger partial charge is 0.237 e. The summed E-state index contributed by atoms with van der Waals surface area (Å²) in [6.45, 7) is 0. The summed E-state index contributed by atoms with van der Waals surface area (Å²) >= 11 is 1.88. The van der Waals surface area contributed by atoms with Crippen LogP contribution in [0, 0.1) is 0 Å². The van der Waals surface area contributed by atoms with Gasteiger partial charge >= 0.3 is 0 Å². The van der Waals surface area contributed by atoms with Gasteiger partial charge in [0, 0.05) is 58.4 Å². The molecule has 0 aliphatic rings. The Kier molecular flexibility index (Phi) is 6.47. The summed E-state index contributed by atoms with van der Waals surface area (Å²) < 4.78 is 7.24. The van der Waals surface area contributed by atoms with Crippen molar-refractivity contribution in [3.63, 3.8) is 0 Å². The molecule has 5 heteroatoms. The molecule has 0 fully saturated rings. The highest BCUT2D eigenvalue weighted by Crippen LogP contribution is 2.48. The summed E-state index contributed by atoms with van der Waals surface area (Å²) in [5.41, 5.74) is 9.50. The molecular weight excluding hydrogens is 689 g/mol. The van der Waals surface area contributed by atoms with Crippen molar-refractivity contribution in [2.45, 2.75) is 0 Å². The van der Waals surface area contributed by atoms with Gasteiger partial charge in [-0.05, 0) is 47.5 Å². The highest BCUT2D eigenvalue weighted by Gasteiger charge is 2.26. The number of hydrogen-bond donors (Lipinski definition) is 0. The van der Waals surface area contributed by atoms with Crippen molar-refractivity contribution in [2.75, 3.05) is 0 Å². The molecular formula is C50H30N4S. The van der Waals surface area contributed by atoms with Crippen LogP contribution >= 0.6 is 11.3 Å². The lowest BCUT2D eigenvalue weighted by molar-refractivity contribution is 0.997. The van der Waals surface area contributed by atoms with E-state index in [9.17, 15) is 0 Å². The third-order valence-electron chi connectivity index (χ3n) is 11.1. The van der Waals surface area contributed by atoms with Crippen LogP contribution in [0.1, 0.15) is 0 Å². The van der Waals surface area contributed by atoms with Crippen LogP contribution in [0.3, 0.4) is 0 Å². The van der Waals surface area contributed by atoms with E-state index in [-0.39, 0.29) is 0 Å². The molecule has 12 rings (SSSR count). The molecule has 0 spiro atoms. The van der Waals surface area contributed by atoms with Gasteiger partial charge in [0.2, 0.25) is 5.95 Å². The van der Waals surface area contributed by atoms with E-state index in [0.717, 1.165) is 55.5 Å². The molecule has 4 heterocycles. The summed E-state index contributed by atoms with van der Waals surface area (Å²) in [5, 5.41) is 9.58. The fourth-order valence-corrected chi connectivity index (χ4v) is 10.0. The molecule has 0 aliphatic carbocycles. The molecule has 0 unspecified atom stereocenters. The maximum Gasteiger partial charge on any atom is 0.237 e. The van der Waals surface area contributed by atoms with Gasteiger partial charge in [0.15, 0.2) is 5.65 Å². The Morgan fingerprint density at radius 3 is 1.80 bits per heavy atom. The number of benzene rings is 8. The average molecular weight is 719 g/mol. The quantitative estimate of drug-likeness (QED) is 0.182. The fourth-order valence-electron chi connectivity index (χ4n) is 8.77. The Morgan fingerprint density at radius 2 is 1.02 bits per heavy atom. The highest BCUT2D eigenvalue weighted by atomic mass is 32.1. The first-order valence-corrected chi connectivity index (χ1v) is 19.4. The summed E-state index contributed by atoms with van der Waals surface area (Å²) in [4.78, 5) is 11.3. The minimum Gasteiger partial charge on any atom is -0.294 e. The monoisotopic (exact) mass is 718 g/mol. The minimum atomic E-state index is 0.643. The summed E-state index contributed by atoms with van der Waals surface area (Å²) in [6, 6.07) is 65.0. The predicted octanol–water partition coefficient (Wildman–Crippen LogP) is 13.5. The van der Waals surface area contributed by atoms with E-state index < -0.39 is 0 Å². The molecule has 4 aromatic heterocycles. The molecule has 4 nitrogen and oxygen atoms in total. The van der Waals surface area contributed by atoms with Crippen LogP contribution in [0.15, 0.2) is 182 Å². The zero-order chi connectivity index (χ0) is 36.0. The van der Waals surface area contributed by atoms with Crippen molar-refractivity contribution in [3.8, 4) is 34.0 Å². The first-order chi connectivity index (χ1) is 27.3. The van der Waals surface area contributed by atoms with Crippen molar-refractivity contribution in [1.82, 2.24) is 19.1 Å². The second kappa shape index (κ2) is 11.7. The molecule has 55 heavy (non-hydrogen) atoms. The van der Waals surface area contributed by atoms with Crippen LogP contribution in [-0.2, 0) is 0 Å². The molecule has 0 aliphatic heterocycles. The normalized spacial score (nSPS) is 12.0. The summed E-state index contributed by atoms with van der Waals surface area (Å²) in [7, 11) is 0. The zero-order valence-corrected chi connectivity index (χ0v) is 30.3. The molecule has 0 atom stereocenters. The first kappa shape index (κ1) is 30.4. The molecule has 256 valence electrons. The Bertz CT molecular complexity index is 3470. The second-order valence-corrected chi connectivity index (χ2v) is 15.2. The SMILES string of the molecule is c1ccc(-c2ccc3c(c2)c2c(-c4ccccc4)nc(-n4c5ccccc5c5c6c7ccccc7sc6c6ccccc6c54)nc2n3-c2ccccc2)cc1. The summed E-state index contributed by atoms with van der Waals surface area (Å²) in [6.07, 6.45) is 0. The van der Waals surface area contributed by atoms with Gasteiger partial charge in [-0.15, -0.1) is 11.3 Å². The average Bonchev–Trinajstić information content (AvgIpc) is 3.92. The van der Waals surface area contributed by atoms with Gasteiger partial charge in [-0.25, -0.2) is 4.98 Å². The number of fused-ring (bicyclic) bond motifs is 13. The molecule has 0 amide bonds. The van der Waals surface area contributed by atoms with E-state index in [1.807, 2.05) is 11.3 Å². The van der Waals surface area contributed by atoms with Gasteiger partial charge in [-0.1, -0.05) is 146 Å². The predicted molar refractivity (Wildman–Crippen MR) is 232 cm³/mol. The third kappa shape index (κ3) is 4.39. The largest absolute Gasteiger partial charge is 0.294 e. The number of hydrogen-bond acceptors (Lipinski definition) is 3. The Hall–Kier alpha value is -7.08.